The van der Waals surface area contributed by atoms with E-state index in [4.69, 9.17) is 17.3 Å². The minimum absolute atomic E-state index is 0.0966. The molecular weight excluding hydrogens is 362 g/mol. The highest BCUT2D eigenvalue weighted by Gasteiger charge is 2.24. The number of benzene rings is 2. The van der Waals surface area contributed by atoms with Gasteiger partial charge in [0.05, 0.1) is 12.3 Å². The van der Waals surface area contributed by atoms with Crippen LogP contribution in [0.1, 0.15) is 24.0 Å². The minimum Gasteiger partial charge on any atom is -0.369 e. The van der Waals surface area contributed by atoms with Crippen molar-refractivity contribution in [2.24, 2.45) is 11.7 Å². The van der Waals surface area contributed by atoms with Crippen LogP contribution in [0, 0.1) is 5.92 Å². The number of anilines is 1. The first kappa shape index (κ1) is 19.4. The Balaban J connectivity index is 1.66. The van der Waals surface area contributed by atoms with E-state index < -0.39 is 0 Å². The van der Waals surface area contributed by atoms with E-state index in [1.54, 1.807) is 6.07 Å². The van der Waals surface area contributed by atoms with Gasteiger partial charge in [-0.05, 0) is 42.6 Å². The van der Waals surface area contributed by atoms with Gasteiger partial charge in [0.15, 0.2) is 0 Å². The normalized spacial score (nSPS) is 17.4. The van der Waals surface area contributed by atoms with Crippen molar-refractivity contribution in [1.29, 1.82) is 0 Å². The maximum Gasteiger partial charge on any atom is 0.228 e. The molecular formula is C21H24ClN3O2. The van der Waals surface area contributed by atoms with Gasteiger partial charge in [-0.15, -0.1) is 0 Å². The predicted octanol–water partition coefficient (Wildman–Crippen LogP) is 3.22. The molecule has 1 heterocycles. The Kier molecular flexibility index (Phi) is 6.48. The van der Waals surface area contributed by atoms with Crippen LogP contribution in [-0.4, -0.2) is 29.8 Å². The second-order valence-corrected chi connectivity index (χ2v) is 7.36. The van der Waals surface area contributed by atoms with Gasteiger partial charge in [0.1, 0.15) is 0 Å². The molecule has 27 heavy (non-hydrogen) atoms. The summed E-state index contributed by atoms with van der Waals surface area (Å²) in [4.78, 5) is 26.2. The van der Waals surface area contributed by atoms with Gasteiger partial charge in [0, 0.05) is 23.8 Å². The van der Waals surface area contributed by atoms with Crippen molar-refractivity contribution in [3.8, 4) is 0 Å². The molecule has 3 N–H and O–H groups in total. The number of rotatable bonds is 6. The number of carbonyl (C=O) groups excluding carboxylic acids is 2. The van der Waals surface area contributed by atoms with Gasteiger partial charge in [-0.2, -0.15) is 0 Å². The van der Waals surface area contributed by atoms with Crippen LogP contribution in [0.2, 0.25) is 5.02 Å². The largest absolute Gasteiger partial charge is 0.369 e. The summed E-state index contributed by atoms with van der Waals surface area (Å²) < 4.78 is 0. The summed E-state index contributed by atoms with van der Waals surface area (Å²) in [5.41, 5.74) is 8.08. The van der Waals surface area contributed by atoms with Crippen molar-refractivity contribution >= 4 is 29.1 Å². The SMILES string of the molecule is NC(=O)C1CCCN(Cc2ccccc2NC(=O)Cc2ccccc2Cl)C1. The third-order valence-corrected chi connectivity index (χ3v) is 5.27. The van der Waals surface area contributed by atoms with E-state index in [-0.39, 0.29) is 24.2 Å². The Morgan fingerprint density at radius 1 is 1.11 bits per heavy atom. The monoisotopic (exact) mass is 385 g/mol. The number of nitrogens with two attached hydrogens (primary N) is 1. The molecule has 1 aliphatic rings. The van der Waals surface area contributed by atoms with Crippen molar-refractivity contribution in [2.45, 2.75) is 25.8 Å². The molecule has 0 aliphatic carbocycles. The van der Waals surface area contributed by atoms with Gasteiger partial charge in [-0.1, -0.05) is 48.0 Å². The Bertz CT molecular complexity index is 825. The second-order valence-electron chi connectivity index (χ2n) is 6.95. The molecule has 142 valence electrons. The van der Waals surface area contributed by atoms with E-state index in [9.17, 15) is 9.59 Å². The second kappa shape index (κ2) is 9.02. The van der Waals surface area contributed by atoms with Crippen molar-refractivity contribution < 1.29 is 9.59 Å². The summed E-state index contributed by atoms with van der Waals surface area (Å²) in [5, 5.41) is 3.58. The molecule has 0 bridgehead atoms. The first-order valence-corrected chi connectivity index (χ1v) is 9.53. The molecule has 6 heteroatoms. The lowest BCUT2D eigenvalue weighted by Crippen LogP contribution is -2.40. The third-order valence-electron chi connectivity index (χ3n) is 4.90. The van der Waals surface area contributed by atoms with Crippen LogP contribution in [0.5, 0.6) is 0 Å². The highest BCUT2D eigenvalue weighted by atomic mass is 35.5. The summed E-state index contributed by atoms with van der Waals surface area (Å²) in [7, 11) is 0. The molecule has 1 aliphatic heterocycles. The maximum absolute atomic E-state index is 12.5. The molecule has 2 amide bonds. The molecule has 0 spiro atoms. The average Bonchev–Trinajstić information content (AvgIpc) is 2.65. The fraction of sp³-hybridized carbons (Fsp3) is 0.333. The van der Waals surface area contributed by atoms with Crippen LogP contribution in [0.3, 0.4) is 0 Å². The third kappa shape index (κ3) is 5.31. The highest BCUT2D eigenvalue weighted by molar-refractivity contribution is 6.31. The van der Waals surface area contributed by atoms with Gasteiger partial charge >= 0.3 is 0 Å². The zero-order chi connectivity index (χ0) is 19.2. The molecule has 5 nitrogen and oxygen atoms in total. The molecule has 1 fully saturated rings. The number of amides is 2. The lowest BCUT2D eigenvalue weighted by Gasteiger charge is -2.31. The Morgan fingerprint density at radius 3 is 2.56 bits per heavy atom. The van der Waals surface area contributed by atoms with E-state index in [1.807, 2.05) is 42.5 Å². The summed E-state index contributed by atoms with van der Waals surface area (Å²) in [6.07, 6.45) is 2.03. The zero-order valence-electron chi connectivity index (χ0n) is 15.2. The molecule has 1 saturated heterocycles. The van der Waals surface area contributed by atoms with Crippen LogP contribution in [0.4, 0.5) is 5.69 Å². The number of para-hydroxylation sites is 1. The quantitative estimate of drug-likeness (QED) is 0.801. The van der Waals surface area contributed by atoms with Gasteiger partial charge < -0.3 is 11.1 Å². The Hall–Kier alpha value is -2.37. The van der Waals surface area contributed by atoms with Crippen LogP contribution in [0.15, 0.2) is 48.5 Å². The van der Waals surface area contributed by atoms with Crippen LogP contribution >= 0.6 is 11.6 Å². The van der Waals surface area contributed by atoms with Crippen LogP contribution in [-0.2, 0) is 22.6 Å². The lowest BCUT2D eigenvalue weighted by molar-refractivity contribution is -0.123. The molecule has 2 aromatic carbocycles. The number of likely N-dealkylation sites (tertiary alicyclic amines) is 1. The number of piperidine rings is 1. The summed E-state index contributed by atoms with van der Waals surface area (Å²) in [6.45, 7) is 2.26. The van der Waals surface area contributed by atoms with Gasteiger partial charge in [0.2, 0.25) is 11.8 Å². The standard InChI is InChI=1S/C21H24ClN3O2/c22-18-9-3-1-6-15(18)12-20(26)24-19-10-4-2-7-16(19)13-25-11-5-8-17(14-25)21(23)27/h1-4,6-7,9-10,17H,5,8,11-14H2,(H2,23,27)(H,24,26). The summed E-state index contributed by atoms with van der Waals surface area (Å²) in [5.74, 6) is -0.439. The van der Waals surface area contributed by atoms with Gasteiger partial charge in [-0.25, -0.2) is 0 Å². The fourth-order valence-corrected chi connectivity index (χ4v) is 3.66. The van der Waals surface area contributed by atoms with Crippen LogP contribution in [0.25, 0.3) is 0 Å². The van der Waals surface area contributed by atoms with Crippen molar-refractivity contribution in [1.82, 2.24) is 4.90 Å². The molecule has 1 unspecified atom stereocenters. The first-order chi connectivity index (χ1) is 13.0. The summed E-state index contributed by atoms with van der Waals surface area (Å²) in [6, 6.07) is 15.1. The smallest absolute Gasteiger partial charge is 0.228 e. The number of hydrogen-bond acceptors (Lipinski definition) is 3. The molecule has 0 aromatic heterocycles. The van der Waals surface area contributed by atoms with Crippen molar-refractivity contribution in [3.05, 3.63) is 64.7 Å². The fourth-order valence-electron chi connectivity index (χ4n) is 3.46. The molecule has 1 atom stereocenters. The first-order valence-electron chi connectivity index (χ1n) is 9.16. The number of nitrogens with one attached hydrogen (secondary N) is 1. The molecule has 0 radical (unpaired) electrons. The maximum atomic E-state index is 12.5. The zero-order valence-corrected chi connectivity index (χ0v) is 15.9. The Labute approximate surface area is 164 Å². The van der Waals surface area contributed by atoms with Crippen molar-refractivity contribution in [3.63, 3.8) is 0 Å². The number of hydrogen-bond donors (Lipinski definition) is 2. The predicted molar refractivity (Wildman–Crippen MR) is 107 cm³/mol. The molecule has 3 rings (SSSR count). The number of primary amides is 1. The topological polar surface area (TPSA) is 75.4 Å². The van der Waals surface area contributed by atoms with Crippen LogP contribution < -0.4 is 11.1 Å². The van der Waals surface area contributed by atoms with Gasteiger partial charge in [-0.3, -0.25) is 14.5 Å². The number of halogens is 1. The van der Waals surface area contributed by atoms with E-state index in [1.165, 1.54) is 0 Å². The number of nitrogens with zero attached hydrogens (tertiary/aromatic N) is 1. The van der Waals surface area contributed by atoms with E-state index in [0.717, 1.165) is 36.2 Å². The van der Waals surface area contributed by atoms with Gasteiger partial charge in [0.25, 0.3) is 0 Å². The molecule has 2 aromatic rings. The lowest BCUT2D eigenvalue weighted by atomic mass is 9.97. The highest BCUT2D eigenvalue weighted by Crippen LogP contribution is 2.23. The van der Waals surface area contributed by atoms with E-state index in [0.29, 0.717) is 18.1 Å². The number of carbonyl (C=O) groups is 2. The van der Waals surface area contributed by atoms with E-state index in [2.05, 4.69) is 10.2 Å². The molecule has 0 saturated carbocycles. The summed E-state index contributed by atoms with van der Waals surface area (Å²) >= 11 is 6.15. The average molecular weight is 386 g/mol. The minimum atomic E-state index is -0.235. The van der Waals surface area contributed by atoms with Crippen molar-refractivity contribution in [2.75, 3.05) is 18.4 Å². The van der Waals surface area contributed by atoms with E-state index >= 15 is 0 Å². The Morgan fingerprint density at radius 2 is 1.81 bits per heavy atom.